The number of amides is 1. The lowest BCUT2D eigenvalue weighted by molar-refractivity contribution is -0.137. The average molecular weight is 730 g/mol. The standard InChI is InChI=1S/C36H39F4N5O2S.CH4O.CH4/c1-22-41-33-20-27(12-14-34(33)43(22)2)48-44(3)25-10-7-23(8-11-25)28-18-26(45-15-5-4-6-16-45)19-29(30(28)21-46)35(47)42-32-13-9-24(17-31(32)37)36(38,39)40;1-2;/h7-14,17,20-21,26,28-30H,4-6,15-16,18-19H2,1-3H3,(H,42,47);2H,1H3;1H4/t26?,28-,29-,30?;;/m0../s1. The van der Waals surface area contributed by atoms with Crippen molar-refractivity contribution >= 4 is 46.5 Å². The van der Waals surface area contributed by atoms with Gasteiger partial charge in [-0.1, -0.05) is 26.0 Å². The van der Waals surface area contributed by atoms with Gasteiger partial charge in [-0.15, -0.1) is 0 Å². The van der Waals surface area contributed by atoms with Crippen LogP contribution in [0.15, 0.2) is 65.6 Å². The Morgan fingerprint density at radius 1 is 1.02 bits per heavy atom. The summed E-state index contributed by atoms with van der Waals surface area (Å²) in [6.45, 7) is 3.77. The average Bonchev–Trinajstić information content (AvgIpc) is 3.40. The van der Waals surface area contributed by atoms with Crippen molar-refractivity contribution in [2.45, 2.75) is 69.5 Å². The highest BCUT2D eigenvalue weighted by molar-refractivity contribution is 8.00. The fourth-order valence-corrected chi connectivity index (χ4v) is 8.04. The number of alkyl halides is 3. The number of nitrogens with one attached hydrogen (secondary N) is 1. The third-order valence-corrected chi connectivity index (χ3v) is 10.9. The molecule has 2 unspecified atom stereocenters. The molecule has 276 valence electrons. The Morgan fingerprint density at radius 2 is 1.71 bits per heavy atom. The number of likely N-dealkylation sites (tertiary alicyclic amines) is 1. The summed E-state index contributed by atoms with van der Waals surface area (Å²) in [6, 6.07) is 16.3. The lowest BCUT2D eigenvalue weighted by Crippen LogP contribution is -2.49. The van der Waals surface area contributed by atoms with Gasteiger partial charge in [-0.25, -0.2) is 9.37 Å². The number of imidazole rings is 1. The molecule has 2 heterocycles. The molecule has 13 heteroatoms. The van der Waals surface area contributed by atoms with Gasteiger partial charge in [0.05, 0.1) is 22.3 Å². The fraction of sp³-hybridized carbons (Fsp3) is 0.447. The number of halogens is 4. The maximum atomic E-state index is 14.7. The van der Waals surface area contributed by atoms with E-state index in [0.717, 1.165) is 90.9 Å². The van der Waals surface area contributed by atoms with E-state index < -0.39 is 35.3 Å². The van der Waals surface area contributed by atoms with Crippen molar-refractivity contribution in [1.82, 2.24) is 14.5 Å². The van der Waals surface area contributed by atoms with Gasteiger partial charge < -0.3 is 29.0 Å². The monoisotopic (exact) mass is 729 g/mol. The molecule has 8 nitrogen and oxygen atoms in total. The van der Waals surface area contributed by atoms with E-state index >= 15 is 0 Å². The Balaban J connectivity index is 0.00000191. The number of aromatic nitrogens is 2. The Morgan fingerprint density at radius 3 is 2.33 bits per heavy atom. The fourth-order valence-electron chi connectivity index (χ4n) is 7.21. The second kappa shape index (κ2) is 17.1. The highest BCUT2D eigenvalue weighted by atomic mass is 32.2. The number of piperidine rings is 1. The zero-order valence-electron chi connectivity index (χ0n) is 28.6. The lowest BCUT2D eigenvalue weighted by atomic mass is 9.67. The smallest absolute Gasteiger partial charge is 0.400 e. The number of aliphatic hydroxyl groups is 1. The van der Waals surface area contributed by atoms with Crippen LogP contribution in [0.5, 0.6) is 0 Å². The van der Waals surface area contributed by atoms with E-state index in [2.05, 4.69) is 42.3 Å². The zero-order chi connectivity index (χ0) is 36.2. The van der Waals surface area contributed by atoms with E-state index in [9.17, 15) is 27.2 Å². The molecule has 4 atom stereocenters. The third kappa shape index (κ3) is 8.93. The maximum absolute atomic E-state index is 14.7. The van der Waals surface area contributed by atoms with Crippen molar-refractivity contribution in [2.24, 2.45) is 18.9 Å². The first-order valence-electron chi connectivity index (χ1n) is 16.7. The molecule has 1 amide bonds. The van der Waals surface area contributed by atoms with Crippen LogP contribution in [-0.4, -0.2) is 65.0 Å². The topological polar surface area (TPSA) is 90.7 Å². The predicted molar refractivity (Wildman–Crippen MR) is 195 cm³/mol. The molecule has 0 bridgehead atoms. The highest BCUT2D eigenvalue weighted by Crippen LogP contribution is 2.44. The van der Waals surface area contributed by atoms with Crippen molar-refractivity contribution < 1.29 is 32.3 Å². The number of aldehydes is 1. The van der Waals surface area contributed by atoms with Crippen LogP contribution in [0, 0.1) is 24.6 Å². The first kappa shape index (κ1) is 39.8. The van der Waals surface area contributed by atoms with E-state index in [1.807, 2.05) is 45.3 Å². The number of rotatable bonds is 8. The number of carbonyl (C=O) groups is 2. The second-order valence-corrected chi connectivity index (χ2v) is 14.1. The molecule has 6 rings (SSSR count). The number of hydrogen-bond acceptors (Lipinski definition) is 7. The number of aliphatic hydroxyl groups excluding tert-OH is 1. The molecule has 1 saturated heterocycles. The molecule has 2 fully saturated rings. The van der Waals surface area contributed by atoms with Crippen molar-refractivity contribution in [1.29, 1.82) is 0 Å². The van der Waals surface area contributed by atoms with Gasteiger partial charge >= 0.3 is 6.18 Å². The van der Waals surface area contributed by atoms with Gasteiger partial charge in [0, 0.05) is 49.7 Å². The number of aryl methyl sites for hydroxylation is 2. The minimum absolute atomic E-state index is 0. The zero-order valence-corrected chi connectivity index (χ0v) is 29.4. The van der Waals surface area contributed by atoms with Gasteiger partial charge in [0.1, 0.15) is 17.9 Å². The molecule has 0 spiro atoms. The summed E-state index contributed by atoms with van der Waals surface area (Å²) in [5.74, 6) is -2.52. The van der Waals surface area contributed by atoms with E-state index in [-0.39, 0.29) is 25.1 Å². The van der Waals surface area contributed by atoms with Crippen LogP contribution < -0.4 is 9.62 Å². The summed E-state index contributed by atoms with van der Waals surface area (Å²) in [4.78, 5) is 34.5. The van der Waals surface area contributed by atoms with Crippen LogP contribution in [0.2, 0.25) is 0 Å². The van der Waals surface area contributed by atoms with Gasteiger partial charge in [0.15, 0.2) is 0 Å². The normalized spacial score (nSPS) is 20.9. The van der Waals surface area contributed by atoms with Gasteiger partial charge in [-0.3, -0.25) is 4.79 Å². The molecular weight excluding hydrogens is 683 g/mol. The molecule has 0 radical (unpaired) electrons. The second-order valence-electron chi connectivity index (χ2n) is 12.9. The van der Waals surface area contributed by atoms with Crippen molar-refractivity contribution in [3.05, 3.63) is 83.4 Å². The summed E-state index contributed by atoms with van der Waals surface area (Å²) in [5, 5.41) is 9.51. The molecule has 51 heavy (non-hydrogen) atoms. The van der Waals surface area contributed by atoms with E-state index in [1.165, 1.54) is 0 Å². The van der Waals surface area contributed by atoms with E-state index in [0.29, 0.717) is 18.9 Å². The predicted octanol–water partition coefficient (Wildman–Crippen LogP) is 8.23. The first-order valence-corrected chi connectivity index (χ1v) is 17.5. The molecule has 1 aliphatic carbocycles. The molecule has 4 aromatic rings. The van der Waals surface area contributed by atoms with Gasteiger partial charge in [0.2, 0.25) is 5.91 Å². The highest BCUT2D eigenvalue weighted by Gasteiger charge is 2.44. The molecule has 1 saturated carbocycles. The number of carbonyl (C=O) groups excluding carboxylic acids is 2. The molecule has 3 aromatic carbocycles. The Kier molecular flexibility index (Phi) is 13.3. The van der Waals surface area contributed by atoms with Crippen LogP contribution in [-0.2, 0) is 22.8 Å². The van der Waals surface area contributed by atoms with Crippen LogP contribution in [0.25, 0.3) is 11.0 Å². The largest absolute Gasteiger partial charge is 0.416 e. The van der Waals surface area contributed by atoms with Gasteiger partial charge in [-0.05, 0) is 118 Å². The number of hydrogen-bond donors (Lipinski definition) is 2. The van der Waals surface area contributed by atoms with Crippen LogP contribution >= 0.6 is 11.9 Å². The number of nitrogens with zero attached hydrogens (tertiary/aromatic N) is 4. The lowest BCUT2D eigenvalue weighted by Gasteiger charge is -2.44. The molecule has 2 N–H and O–H groups in total. The number of fused-ring (bicyclic) bond motifs is 1. The summed E-state index contributed by atoms with van der Waals surface area (Å²) < 4.78 is 58.1. The maximum Gasteiger partial charge on any atom is 0.416 e. The Labute approximate surface area is 301 Å². The summed E-state index contributed by atoms with van der Waals surface area (Å²) in [5.41, 5.74) is 2.42. The van der Waals surface area contributed by atoms with Crippen LogP contribution in [0.4, 0.5) is 28.9 Å². The van der Waals surface area contributed by atoms with Crippen molar-refractivity contribution in [2.75, 3.05) is 36.9 Å². The quantitative estimate of drug-likeness (QED) is 0.107. The van der Waals surface area contributed by atoms with Crippen molar-refractivity contribution in [3.63, 3.8) is 0 Å². The Hall–Kier alpha value is -3.94. The SMILES string of the molecule is C.CO.Cc1nc2cc(SN(C)c3ccc([C@@H]4CC(N5CCCCC5)C[C@H](C(=O)Nc5ccc(C(F)(F)F)cc5F)C4C=O)cc3)ccc2n1C. The van der Waals surface area contributed by atoms with E-state index in [4.69, 9.17) is 5.11 Å². The molecule has 1 aliphatic heterocycles. The number of benzene rings is 3. The molecule has 1 aromatic heterocycles. The summed E-state index contributed by atoms with van der Waals surface area (Å²) in [7, 11) is 4.98. The Bertz CT molecular complexity index is 1790. The van der Waals surface area contributed by atoms with Gasteiger partial charge in [-0.2, -0.15) is 13.2 Å². The molecular formula is C38H47F4N5O3S. The van der Waals surface area contributed by atoms with Gasteiger partial charge in [0.25, 0.3) is 0 Å². The van der Waals surface area contributed by atoms with E-state index in [1.54, 1.807) is 11.9 Å². The molecule has 2 aliphatic rings. The third-order valence-electron chi connectivity index (χ3n) is 9.94. The summed E-state index contributed by atoms with van der Waals surface area (Å²) in [6.07, 6.45) is 0.453. The minimum Gasteiger partial charge on any atom is -0.400 e. The summed E-state index contributed by atoms with van der Waals surface area (Å²) >= 11 is 1.58. The number of anilines is 2. The van der Waals surface area contributed by atoms with Crippen LogP contribution in [0.1, 0.15) is 62.4 Å². The minimum atomic E-state index is -4.71. The van der Waals surface area contributed by atoms with Crippen molar-refractivity contribution in [3.8, 4) is 0 Å². The first-order chi connectivity index (χ1) is 23.9. The van der Waals surface area contributed by atoms with Crippen LogP contribution in [0.3, 0.4) is 0 Å².